The van der Waals surface area contributed by atoms with Gasteiger partial charge in [0.1, 0.15) is 6.54 Å². The molecule has 0 aromatic carbocycles. The van der Waals surface area contributed by atoms with Gasteiger partial charge in [-0.1, -0.05) is 0 Å². The Labute approximate surface area is 75.0 Å². The van der Waals surface area contributed by atoms with E-state index in [1.165, 1.54) is 10.9 Å². The van der Waals surface area contributed by atoms with Crippen LogP contribution in [0.1, 0.15) is 10.5 Å². The summed E-state index contributed by atoms with van der Waals surface area (Å²) in [6, 6.07) is 1.80. The van der Waals surface area contributed by atoms with E-state index in [0.29, 0.717) is 0 Å². The molecule has 0 fully saturated rings. The van der Waals surface area contributed by atoms with E-state index in [1.807, 2.05) is 0 Å². The second-order valence-electron chi connectivity index (χ2n) is 2.43. The fourth-order valence-electron chi connectivity index (χ4n) is 0.928. The summed E-state index contributed by atoms with van der Waals surface area (Å²) in [5, 5.41) is 10.6. The molecule has 6 nitrogen and oxygen atoms in total. The van der Waals surface area contributed by atoms with Gasteiger partial charge in [-0.3, -0.25) is 4.79 Å². The number of nitrogens with zero attached hydrogens (tertiary/aromatic N) is 3. The van der Waals surface area contributed by atoms with E-state index in [0.717, 1.165) is 0 Å². The summed E-state index contributed by atoms with van der Waals surface area (Å²) in [6.07, 6.45) is 1.44. The van der Waals surface area contributed by atoms with Crippen molar-refractivity contribution >= 4 is 11.7 Å². The van der Waals surface area contributed by atoms with Crippen LogP contribution in [0.5, 0.6) is 0 Å². The highest BCUT2D eigenvalue weighted by molar-refractivity contribution is 5.96. The van der Waals surface area contributed by atoms with Crippen molar-refractivity contribution < 1.29 is 4.79 Å². The van der Waals surface area contributed by atoms with E-state index in [1.54, 1.807) is 13.1 Å². The lowest BCUT2D eigenvalue weighted by Crippen LogP contribution is -2.26. The van der Waals surface area contributed by atoms with Gasteiger partial charge in [0.05, 0.1) is 12.4 Å². The lowest BCUT2D eigenvalue weighted by atomic mass is 10.4. The summed E-state index contributed by atoms with van der Waals surface area (Å²) < 4.78 is 1.50. The van der Waals surface area contributed by atoms with Gasteiger partial charge >= 0.3 is 0 Å². The maximum absolute atomic E-state index is 11.3. The van der Waals surface area contributed by atoms with E-state index in [9.17, 15) is 4.79 Å². The van der Waals surface area contributed by atoms with Crippen LogP contribution in [0, 0.1) is 11.3 Å². The first kappa shape index (κ1) is 9.06. The molecule has 13 heavy (non-hydrogen) atoms. The van der Waals surface area contributed by atoms with Gasteiger partial charge in [0.15, 0.2) is 11.5 Å². The smallest absolute Gasteiger partial charge is 0.272 e. The number of nitrogens with one attached hydrogen (secondary N) is 1. The summed E-state index contributed by atoms with van der Waals surface area (Å²) in [6.45, 7) is -0.0382. The zero-order valence-electron chi connectivity index (χ0n) is 7.11. The van der Waals surface area contributed by atoms with Crippen molar-refractivity contribution in [2.24, 2.45) is 7.05 Å². The molecule has 1 rings (SSSR count). The van der Waals surface area contributed by atoms with Crippen molar-refractivity contribution in [1.82, 2.24) is 14.9 Å². The van der Waals surface area contributed by atoms with Crippen molar-refractivity contribution in [3.05, 3.63) is 12.0 Å². The third-order valence-corrected chi connectivity index (χ3v) is 1.51. The fraction of sp³-hybridized carbons (Fsp3) is 0.286. The Morgan fingerprint density at radius 2 is 2.62 bits per heavy atom. The standard InChI is InChI=1S/C7H9N5O/c1-12-4-11-6(9)5(12)7(13)10-3-2-8/h4H,3,9H2,1H3,(H,10,13). The van der Waals surface area contributed by atoms with Gasteiger partial charge in [0.2, 0.25) is 0 Å². The Hall–Kier alpha value is -2.03. The van der Waals surface area contributed by atoms with Crippen molar-refractivity contribution in [1.29, 1.82) is 5.26 Å². The third kappa shape index (κ3) is 1.76. The molecule has 0 atom stereocenters. The molecule has 3 N–H and O–H groups in total. The number of hydrogen-bond donors (Lipinski definition) is 2. The fourth-order valence-corrected chi connectivity index (χ4v) is 0.928. The molecular weight excluding hydrogens is 170 g/mol. The van der Waals surface area contributed by atoms with Gasteiger partial charge in [-0.05, 0) is 0 Å². The minimum absolute atomic E-state index is 0.0382. The predicted molar refractivity (Wildman–Crippen MR) is 45.6 cm³/mol. The molecule has 1 heterocycles. The topological polar surface area (TPSA) is 96.7 Å². The highest BCUT2D eigenvalue weighted by Gasteiger charge is 2.13. The van der Waals surface area contributed by atoms with Gasteiger partial charge in [0.25, 0.3) is 5.91 Å². The lowest BCUT2D eigenvalue weighted by molar-refractivity contribution is 0.0951. The number of anilines is 1. The maximum Gasteiger partial charge on any atom is 0.272 e. The first-order chi connectivity index (χ1) is 6.16. The van der Waals surface area contributed by atoms with Crippen LogP contribution >= 0.6 is 0 Å². The molecule has 0 saturated carbocycles. The number of imidazole rings is 1. The van der Waals surface area contributed by atoms with Crippen LogP contribution in [-0.2, 0) is 7.05 Å². The molecule has 0 saturated heterocycles. The largest absolute Gasteiger partial charge is 0.382 e. The van der Waals surface area contributed by atoms with Crippen LogP contribution in [0.15, 0.2) is 6.33 Å². The predicted octanol–water partition coefficient (Wildman–Crippen LogP) is -0.744. The number of amides is 1. The second kappa shape index (κ2) is 3.58. The molecule has 0 radical (unpaired) electrons. The van der Waals surface area contributed by atoms with E-state index >= 15 is 0 Å². The Balaban J connectivity index is 2.83. The van der Waals surface area contributed by atoms with Crippen molar-refractivity contribution in [3.63, 3.8) is 0 Å². The van der Waals surface area contributed by atoms with Gasteiger partial charge < -0.3 is 15.6 Å². The first-order valence-corrected chi connectivity index (χ1v) is 3.58. The Morgan fingerprint density at radius 3 is 3.08 bits per heavy atom. The molecule has 68 valence electrons. The van der Waals surface area contributed by atoms with Gasteiger partial charge in [-0.15, -0.1) is 0 Å². The minimum atomic E-state index is -0.390. The number of rotatable bonds is 2. The average Bonchev–Trinajstić information content (AvgIpc) is 2.42. The van der Waals surface area contributed by atoms with E-state index in [4.69, 9.17) is 11.0 Å². The SMILES string of the molecule is Cn1cnc(N)c1C(=O)NCC#N. The Bertz CT molecular complexity index is 342. The van der Waals surface area contributed by atoms with Crippen molar-refractivity contribution in [2.75, 3.05) is 12.3 Å². The summed E-state index contributed by atoms with van der Waals surface area (Å²) in [7, 11) is 1.66. The number of nitrogen functional groups attached to an aromatic ring is 1. The minimum Gasteiger partial charge on any atom is -0.382 e. The highest BCUT2D eigenvalue weighted by Crippen LogP contribution is 2.06. The molecule has 0 aliphatic heterocycles. The zero-order valence-corrected chi connectivity index (χ0v) is 7.11. The first-order valence-electron chi connectivity index (χ1n) is 3.58. The number of aryl methyl sites for hydroxylation is 1. The van der Waals surface area contributed by atoms with Gasteiger partial charge in [-0.25, -0.2) is 4.98 Å². The summed E-state index contributed by atoms with van der Waals surface area (Å²) in [4.78, 5) is 15.0. The number of nitriles is 1. The molecule has 0 spiro atoms. The van der Waals surface area contributed by atoms with Crippen molar-refractivity contribution in [3.8, 4) is 6.07 Å². The third-order valence-electron chi connectivity index (χ3n) is 1.51. The normalized spacial score (nSPS) is 9.23. The highest BCUT2D eigenvalue weighted by atomic mass is 16.2. The van der Waals surface area contributed by atoms with Crippen LogP contribution in [0.3, 0.4) is 0 Å². The molecule has 0 aliphatic carbocycles. The molecule has 1 aromatic rings. The summed E-state index contributed by atoms with van der Waals surface area (Å²) >= 11 is 0. The maximum atomic E-state index is 11.3. The zero-order chi connectivity index (χ0) is 9.84. The number of carbonyl (C=O) groups excluding carboxylic acids is 1. The number of hydrogen-bond acceptors (Lipinski definition) is 4. The average molecular weight is 179 g/mol. The van der Waals surface area contributed by atoms with E-state index < -0.39 is 0 Å². The molecule has 0 aliphatic rings. The molecular formula is C7H9N5O. The molecule has 1 aromatic heterocycles. The monoisotopic (exact) mass is 179 g/mol. The van der Waals surface area contributed by atoms with E-state index in [-0.39, 0.29) is 24.0 Å². The number of carbonyl (C=O) groups is 1. The molecule has 0 unspecified atom stereocenters. The Kier molecular flexibility index (Phi) is 2.50. The number of aromatic nitrogens is 2. The molecule has 6 heteroatoms. The Morgan fingerprint density at radius 1 is 1.92 bits per heavy atom. The van der Waals surface area contributed by atoms with Crippen LogP contribution in [-0.4, -0.2) is 22.0 Å². The van der Waals surface area contributed by atoms with E-state index in [2.05, 4.69) is 10.3 Å². The van der Waals surface area contributed by atoms with Gasteiger partial charge in [0, 0.05) is 7.05 Å². The van der Waals surface area contributed by atoms with Crippen LogP contribution in [0.25, 0.3) is 0 Å². The second-order valence-corrected chi connectivity index (χ2v) is 2.43. The van der Waals surface area contributed by atoms with Crippen LogP contribution in [0.2, 0.25) is 0 Å². The quantitative estimate of drug-likeness (QED) is 0.584. The van der Waals surface area contributed by atoms with Crippen molar-refractivity contribution in [2.45, 2.75) is 0 Å². The number of nitrogens with two attached hydrogens (primary N) is 1. The molecule has 0 bridgehead atoms. The lowest BCUT2D eigenvalue weighted by Gasteiger charge is -2.01. The summed E-state index contributed by atoms with van der Waals surface area (Å²) in [5.41, 5.74) is 5.71. The summed E-state index contributed by atoms with van der Waals surface area (Å²) in [5.74, 6) is -0.225. The van der Waals surface area contributed by atoms with Crippen LogP contribution < -0.4 is 11.1 Å². The van der Waals surface area contributed by atoms with Gasteiger partial charge in [-0.2, -0.15) is 5.26 Å². The molecule has 1 amide bonds. The van der Waals surface area contributed by atoms with Crippen LogP contribution in [0.4, 0.5) is 5.82 Å².